The topological polar surface area (TPSA) is 96.9 Å². The smallest absolute Gasteiger partial charge is 0.410 e. The van der Waals surface area contributed by atoms with Crippen molar-refractivity contribution in [3.63, 3.8) is 0 Å². The van der Waals surface area contributed by atoms with E-state index < -0.39 is 5.60 Å². The van der Waals surface area contributed by atoms with Gasteiger partial charge in [-0.1, -0.05) is 12.1 Å². The fourth-order valence-electron chi connectivity index (χ4n) is 6.25. The Morgan fingerprint density at radius 2 is 1.80 bits per heavy atom. The van der Waals surface area contributed by atoms with Gasteiger partial charge in [-0.15, -0.1) is 0 Å². The first-order valence-corrected chi connectivity index (χ1v) is 16.3. The van der Waals surface area contributed by atoms with Crippen LogP contribution < -0.4 is 14.4 Å². The third-order valence-electron chi connectivity index (χ3n) is 8.61. The van der Waals surface area contributed by atoms with Crippen molar-refractivity contribution in [1.82, 2.24) is 19.7 Å². The molecule has 1 aromatic heterocycles. The summed E-state index contributed by atoms with van der Waals surface area (Å²) in [6.45, 7) is 16.7. The number of fused-ring (bicyclic) bond motifs is 1. The molecule has 12 heteroatoms. The number of piperazine rings is 1. The van der Waals surface area contributed by atoms with E-state index in [4.69, 9.17) is 18.9 Å². The van der Waals surface area contributed by atoms with Crippen LogP contribution in [0.2, 0.25) is 0 Å². The first kappa shape index (κ1) is 33.9. The maximum absolute atomic E-state index is 14.1. The van der Waals surface area contributed by atoms with Gasteiger partial charge in [0.1, 0.15) is 23.7 Å². The summed E-state index contributed by atoms with van der Waals surface area (Å²) in [5.41, 5.74) is 1.67. The molecule has 2 amide bonds. The van der Waals surface area contributed by atoms with Gasteiger partial charge in [0.05, 0.1) is 32.9 Å². The number of carbonyl (C=O) groups excluding carboxylic acids is 2. The van der Waals surface area contributed by atoms with Crippen LogP contribution in [0.5, 0.6) is 11.8 Å². The minimum absolute atomic E-state index is 0.0683. The van der Waals surface area contributed by atoms with Gasteiger partial charge < -0.3 is 28.7 Å². The van der Waals surface area contributed by atoms with E-state index in [-0.39, 0.29) is 42.5 Å². The number of ether oxygens (including phenoxy) is 4. The van der Waals surface area contributed by atoms with Crippen LogP contribution in [0.1, 0.15) is 52.7 Å². The molecule has 4 heterocycles. The molecule has 0 saturated carbocycles. The van der Waals surface area contributed by atoms with E-state index in [9.17, 15) is 14.0 Å². The Morgan fingerprint density at radius 1 is 1.04 bits per heavy atom. The lowest BCUT2D eigenvalue weighted by Crippen LogP contribution is -2.64. The van der Waals surface area contributed by atoms with Gasteiger partial charge in [0.15, 0.2) is 0 Å². The lowest BCUT2D eigenvalue weighted by atomic mass is 10.0. The molecule has 2 fully saturated rings. The lowest BCUT2D eigenvalue weighted by Gasteiger charge is -2.47. The summed E-state index contributed by atoms with van der Waals surface area (Å²) in [6.07, 6.45) is 0.125. The number of pyridine rings is 1. The summed E-state index contributed by atoms with van der Waals surface area (Å²) in [7, 11) is 0. The summed E-state index contributed by atoms with van der Waals surface area (Å²) in [4.78, 5) is 40.2. The molecule has 3 aliphatic heterocycles. The average Bonchev–Trinajstić information content (AvgIpc) is 2.99. The van der Waals surface area contributed by atoms with Crippen molar-refractivity contribution in [2.75, 3.05) is 70.6 Å². The van der Waals surface area contributed by atoms with E-state index in [0.29, 0.717) is 76.5 Å². The maximum Gasteiger partial charge on any atom is 0.410 e. The van der Waals surface area contributed by atoms with Crippen LogP contribution in [0.25, 0.3) is 0 Å². The fraction of sp³-hybridized carbons (Fsp3) is 0.618. The molecule has 0 spiro atoms. The van der Waals surface area contributed by atoms with Crippen molar-refractivity contribution in [3.8, 4) is 11.8 Å². The van der Waals surface area contributed by atoms with E-state index in [1.165, 1.54) is 12.1 Å². The Bertz CT molecular complexity index is 1370. The zero-order valence-electron chi connectivity index (χ0n) is 28.0. The normalized spacial score (nSPS) is 22.6. The van der Waals surface area contributed by atoms with Gasteiger partial charge in [0, 0.05) is 56.3 Å². The van der Waals surface area contributed by atoms with Crippen LogP contribution in [0, 0.1) is 5.82 Å². The molecular weight excluding hydrogens is 593 g/mol. The van der Waals surface area contributed by atoms with E-state index in [2.05, 4.69) is 21.7 Å². The number of nitrogens with zero attached hydrogens (tertiary/aromatic N) is 5. The number of halogens is 1. The number of benzene rings is 1. The standard InChI is InChI=1S/C34H48FN5O6/c1-7-44-31-26(16-25-8-10-27(35)11-9-25)17-29-32(36-31)45-15-13-39(29)30(41)21-38-18-23(2)40(33(42)46-34(4,5)6)20-28(38)19-37-12-14-43-22-24(37)3/h8-11,17,23-24,28H,7,12-16,18-22H2,1-6H3/t23-,24-,28+/m1/s1. The molecule has 0 aliphatic carbocycles. The highest BCUT2D eigenvalue weighted by Crippen LogP contribution is 2.36. The number of aromatic nitrogens is 1. The highest BCUT2D eigenvalue weighted by Gasteiger charge is 2.39. The number of carbonyl (C=O) groups is 2. The third-order valence-corrected chi connectivity index (χ3v) is 8.61. The van der Waals surface area contributed by atoms with E-state index >= 15 is 0 Å². The molecule has 0 N–H and O–H groups in total. The van der Waals surface area contributed by atoms with Crippen molar-refractivity contribution >= 4 is 17.7 Å². The summed E-state index contributed by atoms with van der Waals surface area (Å²) in [5, 5.41) is 0. The molecule has 1 aromatic carbocycles. The third kappa shape index (κ3) is 8.26. The van der Waals surface area contributed by atoms with Gasteiger partial charge in [-0.3, -0.25) is 14.6 Å². The fourth-order valence-corrected chi connectivity index (χ4v) is 6.25. The van der Waals surface area contributed by atoms with Crippen LogP contribution >= 0.6 is 0 Å². The van der Waals surface area contributed by atoms with Crippen molar-refractivity contribution in [1.29, 1.82) is 0 Å². The Morgan fingerprint density at radius 3 is 2.50 bits per heavy atom. The van der Waals surface area contributed by atoms with Crippen LogP contribution in [0.4, 0.5) is 14.9 Å². The average molecular weight is 642 g/mol. The van der Waals surface area contributed by atoms with Crippen molar-refractivity contribution in [2.45, 2.75) is 71.7 Å². The number of rotatable bonds is 8. The highest BCUT2D eigenvalue weighted by atomic mass is 19.1. The molecule has 3 atom stereocenters. The second kappa shape index (κ2) is 14.5. The zero-order valence-corrected chi connectivity index (χ0v) is 28.0. The predicted octanol–water partition coefficient (Wildman–Crippen LogP) is 3.97. The molecule has 0 bridgehead atoms. The zero-order chi connectivity index (χ0) is 33.0. The van der Waals surface area contributed by atoms with Gasteiger partial charge in [-0.25, -0.2) is 9.18 Å². The molecule has 46 heavy (non-hydrogen) atoms. The van der Waals surface area contributed by atoms with Crippen LogP contribution in [-0.4, -0.2) is 121 Å². The van der Waals surface area contributed by atoms with Crippen molar-refractivity contribution in [3.05, 3.63) is 47.3 Å². The molecule has 11 nitrogen and oxygen atoms in total. The summed E-state index contributed by atoms with van der Waals surface area (Å²) < 4.78 is 36.8. The number of hydrogen-bond donors (Lipinski definition) is 0. The van der Waals surface area contributed by atoms with E-state index in [0.717, 1.165) is 17.7 Å². The molecule has 252 valence electrons. The van der Waals surface area contributed by atoms with Gasteiger partial charge in [0.2, 0.25) is 17.7 Å². The molecule has 3 aliphatic rings. The Labute approximate surface area is 271 Å². The second-order valence-corrected chi connectivity index (χ2v) is 13.4. The van der Waals surface area contributed by atoms with Crippen LogP contribution in [-0.2, 0) is 20.7 Å². The largest absolute Gasteiger partial charge is 0.478 e. The van der Waals surface area contributed by atoms with Crippen molar-refractivity contribution < 1.29 is 32.9 Å². The first-order chi connectivity index (χ1) is 21.9. The first-order valence-electron chi connectivity index (χ1n) is 16.3. The lowest BCUT2D eigenvalue weighted by molar-refractivity contribution is -0.122. The van der Waals surface area contributed by atoms with E-state index in [1.807, 2.05) is 40.7 Å². The Hall–Kier alpha value is -3.48. The van der Waals surface area contributed by atoms with Gasteiger partial charge in [-0.05, 0) is 65.3 Å². The molecule has 0 radical (unpaired) electrons. The number of hydrogen-bond acceptors (Lipinski definition) is 9. The van der Waals surface area contributed by atoms with Crippen LogP contribution in [0.3, 0.4) is 0 Å². The predicted molar refractivity (Wildman–Crippen MR) is 172 cm³/mol. The Kier molecular flexibility index (Phi) is 10.7. The maximum atomic E-state index is 14.1. The second-order valence-electron chi connectivity index (χ2n) is 13.4. The highest BCUT2D eigenvalue weighted by molar-refractivity contribution is 5.96. The molecule has 0 unspecified atom stereocenters. The quantitative estimate of drug-likeness (QED) is 0.424. The molecular formula is C34H48FN5O6. The Balaban J connectivity index is 1.38. The number of anilines is 1. The summed E-state index contributed by atoms with van der Waals surface area (Å²) in [5.74, 6) is 0.422. The monoisotopic (exact) mass is 641 g/mol. The number of amides is 2. The molecule has 5 rings (SSSR count). The van der Waals surface area contributed by atoms with E-state index in [1.54, 1.807) is 21.9 Å². The molecule has 2 aromatic rings. The summed E-state index contributed by atoms with van der Waals surface area (Å²) in [6, 6.07) is 8.24. The molecule has 2 saturated heterocycles. The summed E-state index contributed by atoms with van der Waals surface area (Å²) >= 11 is 0. The number of morpholine rings is 1. The van der Waals surface area contributed by atoms with Crippen molar-refractivity contribution in [2.24, 2.45) is 0 Å². The SMILES string of the molecule is CCOc1nc2c(cc1Cc1ccc(F)cc1)N(C(=O)CN1C[C@@H](C)N(C(=O)OC(C)(C)C)C[C@@H]1CN1CCOC[C@H]1C)CCO2. The van der Waals surface area contributed by atoms with Gasteiger partial charge >= 0.3 is 6.09 Å². The van der Waals surface area contributed by atoms with Crippen LogP contribution in [0.15, 0.2) is 30.3 Å². The minimum Gasteiger partial charge on any atom is -0.478 e. The minimum atomic E-state index is -0.604. The van der Waals surface area contributed by atoms with Gasteiger partial charge in [0.25, 0.3) is 0 Å². The van der Waals surface area contributed by atoms with Gasteiger partial charge in [-0.2, -0.15) is 4.98 Å².